The van der Waals surface area contributed by atoms with Gasteiger partial charge in [-0.2, -0.15) is 0 Å². The number of esters is 2. The molecule has 18 heavy (non-hydrogen) atoms. The molecule has 5 heteroatoms. The van der Waals surface area contributed by atoms with Crippen molar-refractivity contribution in [1.82, 2.24) is 0 Å². The molecule has 1 unspecified atom stereocenters. The third kappa shape index (κ3) is 3.85. The van der Waals surface area contributed by atoms with Crippen LogP contribution in [0, 0.1) is 0 Å². The van der Waals surface area contributed by atoms with E-state index in [1.54, 1.807) is 19.1 Å². The molecule has 5 nitrogen and oxygen atoms in total. The Morgan fingerprint density at radius 2 is 1.78 bits per heavy atom. The minimum Gasteiger partial charge on any atom is -0.465 e. The maximum Gasteiger partial charge on any atom is 0.339 e. The fourth-order valence-corrected chi connectivity index (χ4v) is 1.35. The second-order valence-corrected chi connectivity index (χ2v) is 3.81. The zero-order valence-corrected chi connectivity index (χ0v) is 10.4. The first-order valence-corrected chi connectivity index (χ1v) is 5.58. The average molecular weight is 252 g/mol. The summed E-state index contributed by atoms with van der Waals surface area (Å²) in [6.07, 6.45) is -0.180. The molecule has 0 saturated carbocycles. The number of aliphatic hydroxyl groups is 1. The standard InChI is InChI=1S/C13H16O5/c1-9(14)7-8-18-13(16)11-6-4-3-5-10(11)12(15)17-2/h3-6,9,14H,7-8H2,1-2H3. The van der Waals surface area contributed by atoms with Gasteiger partial charge in [-0.05, 0) is 19.1 Å². The summed E-state index contributed by atoms with van der Waals surface area (Å²) in [5, 5.41) is 9.05. The van der Waals surface area contributed by atoms with Crippen molar-refractivity contribution in [3.05, 3.63) is 35.4 Å². The van der Waals surface area contributed by atoms with Crippen LogP contribution in [0.2, 0.25) is 0 Å². The smallest absolute Gasteiger partial charge is 0.339 e. The van der Waals surface area contributed by atoms with Gasteiger partial charge in [-0.1, -0.05) is 12.1 Å². The molecule has 0 spiro atoms. The SMILES string of the molecule is COC(=O)c1ccccc1C(=O)OCCC(C)O. The highest BCUT2D eigenvalue weighted by atomic mass is 16.5. The summed E-state index contributed by atoms with van der Waals surface area (Å²) in [4.78, 5) is 23.2. The fraction of sp³-hybridized carbons (Fsp3) is 0.385. The van der Waals surface area contributed by atoms with E-state index in [2.05, 4.69) is 4.74 Å². The second kappa shape index (κ2) is 6.76. The van der Waals surface area contributed by atoms with Gasteiger partial charge < -0.3 is 14.6 Å². The minimum absolute atomic E-state index is 0.103. The highest BCUT2D eigenvalue weighted by molar-refractivity contribution is 6.03. The predicted molar refractivity (Wildman–Crippen MR) is 64.4 cm³/mol. The van der Waals surface area contributed by atoms with Gasteiger partial charge in [0.25, 0.3) is 0 Å². The number of hydrogen-bond donors (Lipinski definition) is 1. The Bertz CT molecular complexity index is 425. The maximum atomic E-state index is 11.8. The van der Waals surface area contributed by atoms with E-state index < -0.39 is 18.0 Å². The van der Waals surface area contributed by atoms with Gasteiger partial charge in [-0.15, -0.1) is 0 Å². The van der Waals surface area contributed by atoms with E-state index in [-0.39, 0.29) is 17.7 Å². The summed E-state index contributed by atoms with van der Waals surface area (Å²) in [6, 6.07) is 6.27. The lowest BCUT2D eigenvalue weighted by molar-refractivity contribution is 0.0431. The van der Waals surface area contributed by atoms with E-state index >= 15 is 0 Å². The molecule has 1 N–H and O–H groups in total. The zero-order chi connectivity index (χ0) is 13.5. The van der Waals surface area contributed by atoms with Crippen LogP contribution in [-0.2, 0) is 9.47 Å². The van der Waals surface area contributed by atoms with Crippen molar-refractivity contribution in [3.8, 4) is 0 Å². The molecule has 0 aliphatic heterocycles. The molecule has 0 radical (unpaired) electrons. The summed E-state index contributed by atoms with van der Waals surface area (Å²) in [5.74, 6) is -1.19. The first kappa shape index (κ1) is 14.2. The Labute approximate surface area is 105 Å². The molecule has 0 bridgehead atoms. The third-order valence-electron chi connectivity index (χ3n) is 2.32. The number of carbonyl (C=O) groups excluding carboxylic acids is 2. The van der Waals surface area contributed by atoms with Crippen molar-refractivity contribution in [2.24, 2.45) is 0 Å². The summed E-state index contributed by atoms with van der Waals surface area (Å²) >= 11 is 0. The normalized spacial score (nSPS) is 11.7. The second-order valence-electron chi connectivity index (χ2n) is 3.81. The molecule has 0 fully saturated rings. The van der Waals surface area contributed by atoms with Gasteiger partial charge in [0.05, 0.1) is 30.9 Å². The maximum absolute atomic E-state index is 11.8. The van der Waals surface area contributed by atoms with Crippen LogP contribution < -0.4 is 0 Å². The minimum atomic E-state index is -0.600. The monoisotopic (exact) mass is 252 g/mol. The van der Waals surface area contributed by atoms with Crippen LogP contribution in [-0.4, -0.2) is 36.9 Å². The van der Waals surface area contributed by atoms with Gasteiger partial charge in [0.2, 0.25) is 0 Å². The number of rotatable bonds is 5. The average Bonchev–Trinajstić information content (AvgIpc) is 2.37. The number of aliphatic hydroxyl groups excluding tert-OH is 1. The van der Waals surface area contributed by atoms with Gasteiger partial charge in [0.1, 0.15) is 0 Å². The first-order valence-electron chi connectivity index (χ1n) is 5.58. The Hall–Kier alpha value is -1.88. The molecule has 0 amide bonds. The summed E-state index contributed by atoms with van der Waals surface area (Å²) < 4.78 is 9.55. The van der Waals surface area contributed by atoms with Crippen LogP contribution >= 0.6 is 0 Å². The van der Waals surface area contributed by atoms with E-state index in [1.165, 1.54) is 19.2 Å². The van der Waals surface area contributed by atoms with Crippen LogP contribution in [0.5, 0.6) is 0 Å². The number of hydrogen-bond acceptors (Lipinski definition) is 5. The molecular weight excluding hydrogens is 236 g/mol. The summed E-state index contributed by atoms with van der Waals surface area (Å²) in [5.41, 5.74) is 0.331. The number of ether oxygens (including phenoxy) is 2. The highest BCUT2D eigenvalue weighted by Crippen LogP contribution is 2.11. The van der Waals surface area contributed by atoms with Crippen molar-refractivity contribution in [2.45, 2.75) is 19.4 Å². The molecular formula is C13H16O5. The number of carbonyl (C=O) groups is 2. The molecule has 1 aromatic rings. The molecule has 0 saturated heterocycles. The van der Waals surface area contributed by atoms with Gasteiger partial charge >= 0.3 is 11.9 Å². The van der Waals surface area contributed by atoms with Gasteiger partial charge in [0.15, 0.2) is 0 Å². The molecule has 0 aromatic heterocycles. The zero-order valence-electron chi connectivity index (χ0n) is 10.4. The van der Waals surface area contributed by atoms with Gasteiger partial charge in [-0.3, -0.25) is 0 Å². The molecule has 1 rings (SSSR count). The molecule has 1 aromatic carbocycles. The van der Waals surface area contributed by atoms with E-state index in [9.17, 15) is 9.59 Å². The molecule has 0 heterocycles. The van der Waals surface area contributed by atoms with Gasteiger partial charge in [0, 0.05) is 6.42 Å². The van der Waals surface area contributed by atoms with Crippen LogP contribution in [0.4, 0.5) is 0 Å². The summed E-state index contributed by atoms with van der Waals surface area (Å²) in [7, 11) is 1.25. The van der Waals surface area contributed by atoms with Crippen LogP contribution in [0.25, 0.3) is 0 Å². The molecule has 0 aliphatic carbocycles. The molecule has 1 atom stereocenters. The Morgan fingerprint density at radius 1 is 1.22 bits per heavy atom. The van der Waals surface area contributed by atoms with Crippen LogP contribution in [0.1, 0.15) is 34.1 Å². The van der Waals surface area contributed by atoms with Crippen molar-refractivity contribution in [2.75, 3.05) is 13.7 Å². The largest absolute Gasteiger partial charge is 0.465 e. The van der Waals surface area contributed by atoms with Crippen LogP contribution in [0.3, 0.4) is 0 Å². The van der Waals surface area contributed by atoms with Crippen molar-refractivity contribution < 1.29 is 24.2 Å². The predicted octanol–water partition coefficient (Wildman–Crippen LogP) is 1.40. The first-order chi connectivity index (χ1) is 8.56. The lowest BCUT2D eigenvalue weighted by Crippen LogP contribution is -2.15. The fourth-order valence-electron chi connectivity index (χ4n) is 1.35. The van der Waals surface area contributed by atoms with E-state index in [0.717, 1.165) is 0 Å². The van der Waals surface area contributed by atoms with Gasteiger partial charge in [-0.25, -0.2) is 9.59 Å². The quantitative estimate of drug-likeness (QED) is 0.802. The Kier molecular flexibility index (Phi) is 5.32. The Balaban J connectivity index is 2.76. The van der Waals surface area contributed by atoms with Crippen molar-refractivity contribution >= 4 is 11.9 Å². The number of methoxy groups -OCH3 is 1. The molecule has 98 valence electrons. The summed E-state index contributed by atoms with van der Waals surface area (Å²) in [6.45, 7) is 1.71. The highest BCUT2D eigenvalue weighted by Gasteiger charge is 2.18. The lowest BCUT2D eigenvalue weighted by Gasteiger charge is -2.09. The lowest BCUT2D eigenvalue weighted by atomic mass is 10.1. The topological polar surface area (TPSA) is 72.8 Å². The Morgan fingerprint density at radius 3 is 2.28 bits per heavy atom. The van der Waals surface area contributed by atoms with E-state index in [0.29, 0.717) is 6.42 Å². The third-order valence-corrected chi connectivity index (χ3v) is 2.32. The van der Waals surface area contributed by atoms with E-state index in [1.807, 2.05) is 0 Å². The number of benzene rings is 1. The van der Waals surface area contributed by atoms with E-state index in [4.69, 9.17) is 9.84 Å². The van der Waals surface area contributed by atoms with Crippen molar-refractivity contribution in [3.63, 3.8) is 0 Å². The van der Waals surface area contributed by atoms with Crippen LogP contribution in [0.15, 0.2) is 24.3 Å². The van der Waals surface area contributed by atoms with Crippen molar-refractivity contribution in [1.29, 1.82) is 0 Å². The molecule has 0 aliphatic rings.